The largest absolute Gasteiger partial charge is 0.496 e. The molecule has 1 amide bonds. The third kappa shape index (κ3) is 3.44. The van der Waals surface area contributed by atoms with Crippen LogP contribution in [0.1, 0.15) is 42.5 Å². The number of carbonyl (C=O) groups is 1. The fraction of sp³-hybridized carbons (Fsp3) is 0.350. The number of para-hydroxylation sites is 1. The molecule has 3 rings (SSSR count). The summed E-state index contributed by atoms with van der Waals surface area (Å²) in [6.45, 7) is 0.781. The average Bonchev–Trinajstić information content (AvgIpc) is 3.12. The molecule has 2 atom stereocenters. The molecule has 1 saturated heterocycles. The highest BCUT2D eigenvalue weighted by Gasteiger charge is 2.32. The summed E-state index contributed by atoms with van der Waals surface area (Å²) in [6, 6.07) is 17.6. The molecule has 2 aromatic rings. The van der Waals surface area contributed by atoms with E-state index in [-0.39, 0.29) is 18.0 Å². The van der Waals surface area contributed by atoms with Crippen LogP contribution in [0.25, 0.3) is 0 Å². The van der Waals surface area contributed by atoms with Gasteiger partial charge in [-0.2, -0.15) is 0 Å². The van der Waals surface area contributed by atoms with E-state index in [1.165, 1.54) is 0 Å². The summed E-state index contributed by atoms with van der Waals surface area (Å²) in [5.41, 5.74) is 8.31. The van der Waals surface area contributed by atoms with E-state index < -0.39 is 0 Å². The van der Waals surface area contributed by atoms with Crippen molar-refractivity contribution in [3.63, 3.8) is 0 Å². The third-order valence-electron chi connectivity index (χ3n) is 4.69. The van der Waals surface area contributed by atoms with Crippen molar-refractivity contribution in [2.24, 2.45) is 5.73 Å². The molecule has 0 saturated carbocycles. The maximum Gasteiger partial charge on any atom is 0.224 e. The lowest BCUT2D eigenvalue weighted by Gasteiger charge is -2.27. The Kier molecular flexibility index (Phi) is 5.16. The summed E-state index contributed by atoms with van der Waals surface area (Å²) in [5, 5.41) is 0. The number of methoxy groups -OCH3 is 1. The molecule has 2 aromatic carbocycles. The summed E-state index contributed by atoms with van der Waals surface area (Å²) in [4.78, 5) is 14.8. The van der Waals surface area contributed by atoms with E-state index >= 15 is 0 Å². The van der Waals surface area contributed by atoms with Gasteiger partial charge in [-0.1, -0.05) is 48.5 Å². The number of nitrogens with two attached hydrogens (primary N) is 1. The van der Waals surface area contributed by atoms with Gasteiger partial charge >= 0.3 is 0 Å². The van der Waals surface area contributed by atoms with E-state index in [0.717, 1.165) is 36.3 Å². The first-order chi connectivity index (χ1) is 11.7. The van der Waals surface area contributed by atoms with E-state index in [1.807, 2.05) is 59.5 Å². The van der Waals surface area contributed by atoms with E-state index in [2.05, 4.69) is 0 Å². The number of likely N-dealkylation sites (tertiary alicyclic amines) is 1. The molecule has 0 spiro atoms. The number of amides is 1. The highest BCUT2D eigenvalue weighted by Crippen LogP contribution is 2.37. The van der Waals surface area contributed by atoms with Crippen LogP contribution in [0, 0.1) is 0 Å². The second-order valence-corrected chi connectivity index (χ2v) is 6.21. The van der Waals surface area contributed by atoms with Crippen LogP contribution in [0.5, 0.6) is 5.75 Å². The Morgan fingerprint density at radius 1 is 1.21 bits per heavy atom. The normalized spacial score (nSPS) is 18.4. The number of hydrogen-bond donors (Lipinski definition) is 1. The minimum atomic E-state index is -0.266. The summed E-state index contributed by atoms with van der Waals surface area (Å²) in [5.74, 6) is 0.953. The SMILES string of the molecule is COc1ccccc1C1CCCN1C(=O)CC(N)c1ccccc1. The minimum Gasteiger partial charge on any atom is -0.496 e. The highest BCUT2D eigenvalue weighted by atomic mass is 16.5. The van der Waals surface area contributed by atoms with Crippen LogP contribution in [-0.2, 0) is 4.79 Å². The average molecular weight is 324 g/mol. The molecule has 4 nitrogen and oxygen atoms in total. The third-order valence-corrected chi connectivity index (χ3v) is 4.69. The molecular formula is C20H24N2O2. The van der Waals surface area contributed by atoms with Gasteiger partial charge in [0.2, 0.25) is 5.91 Å². The van der Waals surface area contributed by atoms with E-state index in [9.17, 15) is 4.79 Å². The van der Waals surface area contributed by atoms with Gasteiger partial charge in [-0.05, 0) is 24.5 Å². The lowest BCUT2D eigenvalue weighted by molar-refractivity contribution is -0.132. The van der Waals surface area contributed by atoms with Crippen molar-refractivity contribution in [3.05, 3.63) is 65.7 Å². The predicted molar refractivity (Wildman–Crippen MR) is 94.7 cm³/mol. The summed E-state index contributed by atoms with van der Waals surface area (Å²) in [6.07, 6.45) is 2.30. The van der Waals surface area contributed by atoms with Crippen LogP contribution in [0.4, 0.5) is 0 Å². The maximum absolute atomic E-state index is 12.8. The van der Waals surface area contributed by atoms with Crippen LogP contribution in [0.3, 0.4) is 0 Å². The molecule has 126 valence electrons. The van der Waals surface area contributed by atoms with E-state index in [0.29, 0.717) is 6.42 Å². The van der Waals surface area contributed by atoms with Crippen molar-refractivity contribution in [2.45, 2.75) is 31.3 Å². The molecule has 1 fully saturated rings. The van der Waals surface area contributed by atoms with Crippen molar-refractivity contribution in [1.29, 1.82) is 0 Å². The fourth-order valence-electron chi connectivity index (χ4n) is 3.45. The molecule has 1 aliphatic heterocycles. The zero-order valence-corrected chi connectivity index (χ0v) is 14.0. The second kappa shape index (κ2) is 7.49. The maximum atomic E-state index is 12.8. The number of ether oxygens (including phenoxy) is 1. The van der Waals surface area contributed by atoms with Crippen molar-refractivity contribution < 1.29 is 9.53 Å². The number of carbonyl (C=O) groups excluding carboxylic acids is 1. The van der Waals surface area contributed by atoms with Gasteiger partial charge in [0.05, 0.1) is 13.2 Å². The molecule has 1 heterocycles. The van der Waals surface area contributed by atoms with Crippen LogP contribution in [0.2, 0.25) is 0 Å². The Morgan fingerprint density at radius 3 is 2.67 bits per heavy atom. The van der Waals surface area contributed by atoms with Crippen molar-refractivity contribution in [1.82, 2.24) is 4.90 Å². The minimum absolute atomic E-state index is 0.0802. The number of nitrogens with zero attached hydrogens (tertiary/aromatic N) is 1. The lowest BCUT2D eigenvalue weighted by Crippen LogP contribution is -2.33. The molecule has 1 aliphatic rings. The Bertz CT molecular complexity index is 687. The van der Waals surface area contributed by atoms with Crippen molar-refractivity contribution >= 4 is 5.91 Å². The van der Waals surface area contributed by atoms with Crippen LogP contribution in [0.15, 0.2) is 54.6 Å². The topological polar surface area (TPSA) is 55.6 Å². The van der Waals surface area contributed by atoms with Gasteiger partial charge in [0, 0.05) is 24.6 Å². The van der Waals surface area contributed by atoms with E-state index in [1.54, 1.807) is 7.11 Å². The van der Waals surface area contributed by atoms with Crippen LogP contribution >= 0.6 is 0 Å². The molecule has 0 radical (unpaired) electrons. The molecule has 4 heteroatoms. The Hall–Kier alpha value is -2.33. The standard InChI is InChI=1S/C20H24N2O2/c1-24-19-12-6-5-10-16(19)18-11-7-13-22(18)20(23)14-17(21)15-8-3-2-4-9-15/h2-6,8-10,12,17-18H,7,11,13-14,21H2,1H3. The van der Waals surface area contributed by atoms with Gasteiger partial charge in [-0.25, -0.2) is 0 Å². The van der Waals surface area contributed by atoms with Gasteiger partial charge in [-0.15, -0.1) is 0 Å². The fourth-order valence-corrected chi connectivity index (χ4v) is 3.45. The summed E-state index contributed by atoms with van der Waals surface area (Å²) < 4.78 is 5.47. The molecule has 0 aromatic heterocycles. The van der Waals surface area contributed by atoms with Gasteiger partial charge in [-0.3, -0.25) is 4.79 Å². The number of hydrogen-bond acceptors (Lipinski definition) is 3. The molecule has 2 N–H and O–H groups in total. The Balaban J connectivity index is 1.74. The first kappa shape index (κ1) is 16.5. The van der Waals surface area contributed by atoms with Gasteiger partial charge in [0.15, 0.2) is 0 Å². The number of benzene rings is 2. The Labute approximate surface area is 143 Å². The molecular weight excluding hydrogens is 300 g/mol. The summed E-state index contributed by atoms with van der Waals surface area (Å²) >= 11 is 0. The lowest BCUT2D eigenvalue weighted by atomic mass is 10.0. The van der Waals surface area contributed by atoms with Crippen molar-refractivity contribution in [3.8, 4) is 5.75 Å². The first-order valence-electron chi connectivity index (χ1n) is 8.43. The smallest absolute Gasteiger partial charge is 0.224 e. The quantitative estimate of drug-likeness (QED) is 0.916. The van der Waals surface area contributed by atoms with Crippen LogP contribution < -0.4 is 10.5 Å². The molecule has 2 unspecified atom stereocenters. The molecule has 24 heavy (non-hydrogen) atoms. The zero-order chi connectivity index (χ0) is 16.9. The first-order valence-corrected chi connectivity index (χ1v) is 8.43. The molecule has 0 bridgehead atoms. The second-order valence-electron chi connectivity index (χ2n) is 6.21. The highest BCUT2D eigenvalue weighted by molar-refractivity contribution is 5.78. The predicted octanol–water partition coefficient (Wildman–Crippen LogP) is 3.45. The van der Waals surface area contributed by atoms with E-state index in [4.69, 9.17) is 10.5 Å². The molecule has 0 aliphatic carbocycles. The Morgan fingerprint density at radius 2 is 1.92 bits per heavy atom. The zero-order valence-electron chi connectivity index (χ0n) is 14.0. The van der Waals surface area contributed by atoms with Gasteiger partial charge in [0.1, 0.15) is 5.75 Å². The van der Waals surface area contributed by atoms with Gasteiger partial charge in [0.25, 0.3) is 0 Å². The number of rotatable bonds is 5. The summed E-state index contributed by atoms with van der Waals surface area (Å²) in [7, 11) is 1.67. The van der Waals surface area contributed by atoms with Crippen LogP contribution in [-0.4, -0.2) is 24.5 Å². The van der Waals surface area contributed by atoms with Gasteiger partial charge < -0.3 is 15.4 Å². The van der Waals surface area contributed by atoms with Crippen molar-refractivity contribution in [2.75, 3.05) is 13.7 Å². The monoisotopic (exact) mass is 324 g/mol.